The van der Waals surface area contributed by atoms with E-state index in [1.807, 2.05) is 0 Å². The molecule has 0 saturated heterocycles. The monoisotopic (exact) mass is 580 g/mol. The lowest BCUT2D eigenvalue weighted by molar-refractivity contribution is -0.384. The Morgan fingerprint density at radius 1 is 1.12 bits per heavy atom. The zero-order valence-corrected chi connectivity index (χ0v) is 24.8. The van der Waals surface area contributed by atoms with Gasteiger partial charge in [0.1, 0.15) is 0 Å². The molecule has 4 saturated carbocycles. The first-order chi connectivity index (χ1) is 19.9. The number of nitro benzene ring substituents is 1. The van der Waals surface area contributed by atoms with Crippen molar-refractivity contribution in [1.29, 1.82) is 0 Å². The Kier molecular flexibility index (Phi) is 7.45. The lowest BCUT2D eigenvalue weighted by Crippen LogP contribution is -2.58. The van der Waals surface area contributed by atoms with E-state index in [-0.39, 0.29) is 52.6 Å². The number of azo groups is 1. The van der Waals surface area contributed by atoms with Crippen molar-refractivity contribution in [3.8, 4) is 5.88 Å². The number of H-pyrrole nitrogens is 1. The predicted molar refractivity (Wildman–Crippen MR) is 157 cm³/mol. The van der Waals surface area contributed by atoms with Gasteiger partial charge in [0.15, 0.2) is 5.69 Å². The number of rotatable bonds is 6. The van der Waals surface area contributed by atoms with Crippen LogP contribution in [0.5, 0.6) is 5.88 Å². The Hall–Kier alpha value is -2.85. The molecule has 2 aromatic rings. The number of nitro groups is 1. The molecule has 4 aliphatic carbocycles. The first-order valence-corrected chi connectivity index (χ1v) is 15.7. The number of aliphatic hydroxyl groups excluding tert-OH is 2. The van der Waals surface area contributed by atoms with Gasteiger partial charge >= 0.3 is 0 Å². The van der Waals surface area contributed by atoms with Gasteiger partial charge in [-0.05, 0) is 110 Å². The molecule has 0 unspecified atom stereocenters. The summed E-state index contributed by atoms with van der Waals surface area (Å²) in [6, 6.07) is 4.12. The number of nitrogens with zero attached hydrogens (tertiary/aromatic N) is 3. The van der Waals surface area contributed by atoms with Crippen LogP contribution in [0.3, 0.4) is 0 Å². The summed E-state index contributed by atoms with van der Waals surface area (Å²) in [6.07, 6.45) is 8.52. The van der Waals surface area contributed by atoms with Gasteiger partial charge in [0.25, 0.3) is 11.6 Å². The van der Waals surface area contributed by atoms with Gasteiger partial charge in [-0.1, -0.05) is 20.8 Å². The van der Waals surface area contributed by atoms with E-state index in [9.17, 15) is 30.2 Å². The van der Waals surface area contributed by atoms with Crippen LogP contribution in [0.15, 0.2) is 28.4 Å². The minimum absolute atomic E-state index is 0.0960. The zero-order chi connectivity index (χ0) is 30.0. The maximum Gasteiger partial charge on any atom is 0.271 e. The van der Waals surface area contributed by atoms with Gasteiger partial charge in [-0.15, -0.1) is 10.2 Å². The van der Waals surface area contributed by atoms with Gasteiger partial charge in [0, 0.05) is 23.9 Å². The molecular formula is C32H44N4O6. The molecule has 42 heavy (non-hydrogen) atoms. The number of fused-ring (bicyclic) bond motifs is 6. The van der Waals surface area contributed by atoms with Crippen molar-refractivity contribution in [2.24, 2.45) is 56.6 Å². The maximum absolute atomic E-state index is 12.7. The number of carbonyl (C=O) groups is 1. The topological polar surface area (TPSA) is 161 Å². The second-order valence-corrected chi connectivity index (χ2v) is 14.4. The highest BCUT2D eigenvalue weighted by Gasteiger charge is 2.62. The van der Waals surface area contributed by atoms with E-state index >= 15 is 0 Å². The number of non-ortho nitro benzene ring substituents is 1. The molecule has 1 heterocycles. The van der Waals surface area contributed by atoms with Crippen LogP contribution in [0.25, 0.3) is 10.9 Å². The van der Waals surface area contributed by atoms with Crippen LogP contribution in [-0.2, 0) is 4.79 Å². The van der Waals surface area contributed by atoms with Crippen LogP contribution in [0, 0.1) is 56.5 Å². The van der Waals surface area contributed by atoms with Gasteiger partial charge in [0.2, 0.25) is 5.88 Å². The second kappa shape index (κ2) is 10.7. The van der Waals surface area contributed by atoms with Crippen molar-refractivity contribution >= 4 is 28.2 Å². The van der Waals surface area contributed by atoms with Crippen LogP contribution < -0.4 is 0 Å². The minimum Gasteiger partial charge on any atom is -0.493 e. The van der Waals surface area contributed by atoms with Gasteiger partial charge < -0.3 is 20.3 Å². The van der Waals surface area contributed by atoms with E-state index in [1.54, 1.807) is 0 Å². The average Bonchev–Trinajstić information content (AvgIpc) is 3.46. The van der Waals surface area contributed by atoms with Crippen molar-refractivity contribution in [3.05, 3.63) is 28.3 Å². The SMILES string of the molecule is C[C@@H](CCC(=O)N=Nc1c(O)[nH]c2cc([N+](=O)[O-])ccc12)[C@@H]1CC[C@@H]2[C@H]3[C@H](O)C[C@H]4C[C@@H](O)CC[C@]4(C)[C@@H]3CC[C@]21C. The van der Waals surface area contributed by atoms with E-state index < -0.39 is 4.92 Å². The molecular weight excluding hydrogens is 536 g/mol. The number of aromatic hydroxyl groups is 1. The molecule has 0 spiro atoms. The summed E-state index contributed by atoms with van der Waals surface area (Å²) >= 11 is 0. The first-order valence-electron chi connectivity index (χ1n) is 15.7. The molecule has 1 amide bonds. The molecule has 228 valence electrons. The number of aliphatic hydroxyl groups is 2. The number of hydrogen-bond donors (Lipinski definition) is 4. The van der Waals surface area contributed by atoms with Crippen LogP contribution in [0.4, 0.5) is 11.4 Å². The summed E-state index contributed by atoms with van der Waals surface area (Å²) in [5.74, 6) is 1.88. The molecule has 4 fully saturated rings. The van der Waals surface area contributed by atoms with Gasteiger partial charge in [-0.2, -0.15) is 0 Å². The molecule has 4 aliphatic rings. The molecule has 10 atom stereocenters. The Bertz CT molecular complexity index is 1410. The quantitative estimate of drug-likeness (QED) is 0.167. The van der Waals surface area contributed by atoms with Crippen LogP contribution in [-0.4, -0.2) is 43.3 Å². The first kappa shape index (κ1) is 29.2. The molecule has 0 radical (unpaired) electrons. The van der Waals surface area contributed by atoms with Crippen molar-refractivity contribution in [2.45, 2.75) is 97.2 Å². The molecule has 1 aromatic carbocycles. The fourth-order valence-electron chi connectivity index (χ4n) is 10.3. The van der Waals surface area contributed by atoms with E-state index in [2.05, 4.69) is 36.0 Å². The minimum atomic E-state index is -0.516. The van der Waals surface area contributed by atoms with Gasteiger partial charge in [0.05, 0.1) is 22.6 Å². The normalized spacial score (nSPS) is 38.6. The number of carbonyl (C=O) groups excluding carboxylic acids is 1. The van der Waals surface area contributed by atoms with Crippen LogP contribution in [0.2, 0.25) is 0 Å². The fourth-order valence-corrected chi connectivity index (χ4v) is 10.3. The highest BCUT2D eigenvalue weighted by Crippen LogP contribution is 2.68. The third-order valence-corrected chi connectivity index (χ3v) is 12.4. The summed E-state index contributed by atoms with van der Waals surface area (Å²) in [5.41, 5.74) is 0.684. The Morgan fingerprint density at radius 3 is 2.62 bits per heavy atom. The highest BCUT2D eigenvalue weighted by molar-refractivity contribution is 5.95. The van der Waals surface area contributed by atoms with Crippen molar-refractivity contribution in [2.75, 3.05) is 0 Å². The van der Waals surface area contributed by atoms with E-state index in [1.165, 1.54) is 18.2 Å². The van der Waals surface area contributed by atoms with Crippen molar-refractivity contribution in [1.82, 2.24) is 4.98 Å². The zero-order valence-electron chi connectivity index (χ0n) is 24.8. The Labute approximate surface area is 246 Å². The number of benzene rings is 1. The van der Waals surface area contributed by atoms with E-state index in [0.717, 1.165) is 51.4 Å². The molecule has 4 N–H and O–H groups in total. The van der Waals surface area contributed by atoms with Crippen LogP contribution >= 0.6 is 0 Å². The molecule has 10 heteroatoms. The molecule has 1 aromatic heterocycles. The largest absolute Gasteiger partial charge is 0.493 e. The molecule has 0 bridgehead atoms. The van der Waals surface area contributed by atoms with E-state index in [0.29, 0.717) is 52.8 Å². The summed E-state index contributed by atoms with van der Waals surface area (Å²) < 4.78 is 0. The third kappa shape index (κ3) is 4.75. The molecule has 10 nitrogen and oxygen atoms in total. The second-order valence-electron chi connectivity index (χ2n) is 14.4. The number of hydrogen-bond acceptors (Lipinski definition) is 7. The third-order valence-electron chi connectivity index (χ3n) is 12.4. The standard InChI is InChI=1S/C32H44N4O6/c1-17(4-9-27(39)34-35-29-21-6-5-19(36(41)42)16-25(21)33-30(29)40)22-7-8-23-28-24(11-13-32(22,23)3)31(2)12-10-20(37)14-18(31)15-26(28)38/h5-6,16-18,20,22-24,26,28,33,37-38,40H,4,7-15H2,1-3H3/t17-,18+,20-,22-,23+,24+,26+,28+,31-,32-/m0/s1. The lowest BCUT2D eigenvalue weighted by atomic mass is 9.43. The predicted octanol–water partition coefficient (Wildman–Crippen LogP) is 6.80. The van der Waals surface area contributed by atoms with Crippen molar-refractivity contribution in [3.63, 3.8) is 0 Å². The number of aromatic nitrogens is 1. The van der Waals surface area contributed by atoms with Crippen molar-refractivity contribution < 1.29 is 25.0 Å². The number of amides is 1. The van der Waals surface area contributed by atoms with Gasteiger partial charge in [-0.25, -0.2) is 0 Å². The summed E-state index contributed by atoms with van der Waals surface area (Å²) in [5, 5.41) is 51.4. The fraction of sp³-hybridized carbons (Fsp3) is 0.719. The Morgan fingerprint density at radius 2 is 1.86 bits per heavy atom. The summed E-state index contributed by atoms with van der Waals surface area (Å²) in [6.45, 7) is 7.11. The molecule has 0 aliphatic heterocycles. The van der Waals surface area contributed by atoms with Gasteiger partial charge in [-0.3, -0.25) is 14.9 Å². The maximum atomic E-state index is 12.7. The average molecular weight is 581 g/mol. The Balaban J connectivity index is 1.10. The molecule has 6 rings (SSSR count). The lowest BCUT2D eigenvalue weighted by Gasteiger charge is -2.62. The van der Waals surface area contributed by atoms with Crippen LogP contribution in [0.1, 0.15) is 85.0 Å². The van der Waals surface area contributed by atoms with E-state index in [4.69, 9.17) is 0 Å². The highest BCUT2D eigenvalue weighted by atomic mass is 16.6. The smallest absolute Gasteiger partial charge is 0.271 e. The number of aromatic amines is 1. The summed E-state index contributed by atoms with van der Waals surface area (Å²) in [4.78, 5) is 25.9. The number of nitrogens with one attached hydrogen (secondary N) is 1. The summed E-state index contributed by atoms with van der Waals surface area (Å²) in [7, 11) is 0.